The maximum absolute atomic E-state index is 13.4. The molecule has 0 aliphatic carbocycles. The first-order valence-electron chi connectivity index (χ1n) is 17.2. The van der Waals surface area contributed by atoms with Gasteiger partial charge in [0.15, 0.2) is 12.6 Å². The summed E-state index contributed by atoms with van der Waals surface area (Å²) < 4.78 is 54.3. The summed E-state index contributed by atoms with van der Waals surface area (Å²) in [6.45, 7) is -2.69. The van der Waals surface area contributed by atoms with E-state index in [-0.39, 0.29) is 22.3 Å². The van der Waals surface area contributed by atoms with Crippen LogP contribution in [0.3, 0.4) is 0 Å². The SMILES string of the molecule is COC(=O)C1=COC(OC2OC(CO)C(O)C(O)C2O)/C2=C\COC(=O)CC3C(C(=O)OC)=COC(OC4OC(CO)C(O)C(O)C4O)/C3=C\COC(=O)CC12. The van der Waals surface area contributed by atoms with E-state index in [1.807, 2.05) is 0 Å². The van der Waals surface area contributed by atoms with Gasteiger partial charge in [-0.15, -0.1) is 0 Å². The number of carbonyl (C=O) groups excluding carboxylic acids is 4. The van der Waals surface area contributed by atoms with Gasteiger partial charge in [-0.05, 0) is 12.2 Å². The summed E-state index contributed by atoms with van der Waals surface area (Å²) in [5.74, 6) is -6.21. The number of cyclic esters (lactones) is 2. The number of aliphatic hydroxyl groups excluding tert-OH is 8. The van der Waals surface area contributed by atoms with Gasteiger partial charge in [-0.25, -0.2) is 9.59 Å². The third-order valence-corrected chi connectivity index (χ3v) is 9.66. The molecule has 14 atom stereocenters. The molecule has 0 amide bonds. The van der Waals surface area contributed by atoms with Crippen LogP contribution < -0.4 is 0 Å². The smallest absolute Gasteiger partial charge is 0.337 e. The second kappa shape index (κ2) is 18.9. The van der Waals surface area contributed by atoms with E-state index >= 15 is 0 Å². The topological polar surface area (TPSA) is 322 Å². The lowest BCUT2D eigenvalue weighted by atomic mass is 9.85. The molecular weight excluding hydrogens is 760 g/mol. The molecule has 22 nitrogen and oxygen atoms in total. The third kappa shape index (κ3) is 9.22. The molecule has 5 heterocycles. The molecular formula is C34H44O22. The molecule has 8 N–H and O–H groups in total. The zero-order valence-electron chi connectivity index (χ0n) is 29.9. The second-order valence-corrected chi connectivity index (χ2v) is 13.0. The number of carbonyl (C=O) groups is 4. The molecule has 2 fully saturated rings. The Morgan fingerprint density at radius 3 is 1.34 bits per heavy atom. The molecule has 56 heavy (non-hydrogen) atoms. The van der Waals surface area contributed by atoms with Crippen LogP contribution in [-0.2, 0) is 66.5 Å². The zero-order chi connectivity index (χ0) is 40.8. The van der Waals surface area contributed by atoms with Crippen molar-refractivity contribution in [3.63, 3.8) is 0 Å². The molecule has 0 aromatic rings. The summed E-state index contributed by atoms with van der Waals surface area (Å²) >= 11 is 0. The van der Waals surface area contributed by atoms with Gasteiger partial charge in [0.2, 0.25) is 12.6 Å². The van der Waals surface area contributed by atoms with Crippen molar-refractivity contribution in [2.45, 2.75) is 86.8 Å². The molecule has 0 bridgehead atoms. The molecule has 0 radical (unpaired) electrons. The van der Waals surface area contributed by atoms with Crippen molar-refractivity contribution < 1.29 is 107 Å². The molecule has 14 unspecified atom stereocenters. The average molecular weight is 805 g/mol. The zero-order valence-corrected chi connectivity index (χ0v) is 29.9. The van der Waals surface area contributed by atoms with Crippen molar-refractivity contribution in [1.29, 1.82) is 0 Å². The van der Waals surface area contributed by atoms with E-state index in [1.165, 1.54) is 12.2 Å². The summed E-state index contributed by atoms with van der Waals surface area (Å²) in [6.07, 6.45) is -17.0. The normalized spacial score (nSPS) is 40.0. The van der Waals surface area contributed by atoms with Crippen molar-refractivity contribution in [2.75, 3.05) is 40.6 Å². The largest absolute Gasteiger partial charge is 0.468 e. The molecule has 0 aromatic heterocycles. The van der Waals surface area contributed by atoms with Crippen molar-refractivity contribution in [1.82, 2.24) is 0 Å². The van der Waals surface area contributed by atoms with Gasteiger partial charge in [-0.3, -0.25) is 9.59 Å². The minimum Gasteiger partial charge on any atom is -0.468 e. The Hall–Kier alpha value is -4.04. The van der Waals surface area contributed by atoms with E-state index in [0.29, 0.717) is 0 Å². The highest BCUT2D eigenvalue weighted by Gasteiger charge is 2.49. The molecule has 5 aliphatic heterocycles. The van der Waals surface area contributed by atoms with E-state index in [1.54, 1.807) is 0 Å². The number of aliphatic hydroxyl groups is 8. The number of hydrogen-bond acceptors (Lipinski definition) is 22. The molecule has 312 valence electrons. The van der Waals surface area contributed by atoms with Crippen LogP contribution in [0, 0.1) is 11.8 Å². The van der Waals surface area contributed by atoms with Crippen molar-refractivity contribution >= 4 is 23.9 Å². The van der Waals surface area contributed by atoms with E-state index in [4.69, 9.17) is 47.4 Å². The van der Waals surface area contributed by atoms with Gasteiger partial charge >= 0.3 is 23.9 Å². The number of esters is 4. The monoisotopic (exact) mass is 804 g/mol. The number of rotatable bonds is 8. The van der Waals surface area contributed by atoms with Crippen LogP contribution in [0.15, 0.2) is 47.0 Å². The first kappa shape index (κ1) is 43.1. The third-order valence-electron chi connectivity index (χ3n) is 9.66. The number of fused-ring (bicyclic) bond motifs is 2. The fourth-order valence-electron chi connectivity index (χ4n) is 6.57. The number of ether oxygens (including phenoxy) is 10. The fourth-order valence-corrected chi connectivity index (χ4v) is 6.57. The van der Waals surface area contributed by atoms with Crippen molar-refractivity contribution in [3.8, 4) is 0 Å². The maximum atomic E-state index is 13.4. The molecule has 0 aromatic carbocycles. The Balaban J connectivity index is 1.46. The lowest BCUT2D eigenvalue weighted by Crippen LogP contribution is -2.60. The lowest BCUT2D eigenvalue weighted by Gasteiger charge is -2.42. The predicted octanol–water partition coefficient (Wildman–Crippen LogP) is -4.59. The van der Waals surface area contributed by atoms with Crippen LogP contribution in [-0.4, -0.2) is 179 Å². The van der Waals surface area contributed by atoms with Gasteiger partial charge in [-0.1, -0.05) is 0 Å². The predicted molar refractivity (Wildman–Crippen MR) is 174 cm³/mol. The lowest BCUT2D eigenvalue weighted by molar-refractivity contribution is -0.328. The van der Waals surface area contributed by atoms with Gasteiger partial charge in [-0.2, -0.15) is 0 Å². The highest BCUT2D eigenvalue weighted by molar-refractivity contribution is 5.91. The Morgan fingerprint density at radius 1 is 0.625 bits per heavy atom. The number of hydrogen-bond donors (Lipinski definition) is 8. The summed E-state index contributed by atoms with van der Waals surface area (Å²) in [4.78, 5) is 52.6. The standard InChI is InChI=1S/C34H44O22/c1-47-29(45)17-11-51-31(55-33-27(43)25(41)23(39)19(9-35)53-33)13-3-5-50-22(38)8-16-14(4-6-49-21(37)7-15(13)17)32(52-12-18(16)30(46)48-2)56-34-28(44)26(42)24(40)20(10-36)54-34/h3-4,11-12,15-16,19-20,23-28,31-36,39-44H,5-10H2,1-2H3/b13-3-,14-4-. The van der Waals surface area contributed by atoms with Crippen LogP contribution >= 0.6 is 0 Å². The summed E-state index contributed by atoms with van der Waals surface area (Å²) in [5.41, 5.74) is -0.473. The van der Waals surface area contributed by atoms with Gasteiger partial charge in [0, 0.05) is 23.0 Å². The van der Waals surface area contributed by atoms with Crippen molar-refractivity contribution in [3.05, 3.63) is 47.0 Å². The molecule has 5 aliphatic rings. The maximum Gasteiger partial charge on any atom is 0.337 e. The molecule has 0 spiro atoms. The van der Waals surface area contributed by atoms with Crippen LogP contribution in [0.4, 0.5) is 0 Å². The van der Waals surface area contributed by atoms with Gasteiger partial charge in [0.1, 0.15) is 62.0 Å². The Labute approximate surface area is 317 Å². The molecule has 22 heteroatoms. The first-order chi connectivity index (χ1) is 26.7. The fraction of sp³-hybridized carbons (Fsp3) is 0.647. The summed E-state index contributed by atoms with van der Waals surface area (Å²) in [6, 6.07) is 0. The van der Waals surface area contributed by atoms with E-state index < -0.39 is 149 Å². The van der Waals surface area contributed by atoms with Gasteiger partial charge in [0.25, 0.3) is 0 Å². The Morgan fingerprint density at radius 2 is 1.00 bits per heavy atom. The van der Waals surface area contributed by atoms with E-state index in [9.17, 15) is 60.0 Å². The van der Waals surface area contributed by atoms with E-state index in [0.717, 1.165) is 26.7 Å². The minimum absolute atomic E-state index is 0.0305. The quantitative estimate of drug-likeness (QED) is 0.0650. The second-order valence-electron chi connectivity index (χ2n) is 13.0. The van der Waals surface area contributed by atoms with Gasteiger partial charge < -0.3 is 88.2 Å². The van der Waals surface area contributed by atoms with Crippen molar-refractivity contribution in [2.24, 2.45) is 11.8 Å². The molecule has 0 saturated carbocycles. The van der Waals surface area contributed by atoms with E-state index in [2.05, 4.69) is 0 Å². The Kier molecular flexibility index (Phi) is 14.6. The minimum atomic E-state index is -1.87. The first-order valence-corrected chi connectivity index (χ1v) is 17.2. The van der Waals surface area contributed by atoms with Crippen LogP contribution in [0.25, 0.3) is 0 Å². The number of methoxy groups -OCH3 is 2. The average Bonchev–Trinajstić information content (AvgIpc) is 3.19. The van der Waals surface area contributed by atoms with Gasteiger partial charge in [0.05, 0.1) is 63.9 Å². The highest BCUT2D eigenvalue weighted by atomic mass is 16.8. The highest BCUT2D eigenvalue weighted by Crippen LogP contribution is 2.39. The van der Waals surface area contributed by atoms with Crippen LogP contribution in [0.2, 0.25) is 0 Å². The Bertz CT molecular complexity index is 1450. The molecule has 5 rings (SSSR count). The summed E-state index contributed by atoms with van der Waals surface area (Å²) in [5, 5.41) is 81.4. The molecule has 2 saturated heterocycles. The van der Waals surface area contributed by atoms with Crippen LogP contribution in [0.5, 0.6) is 0 Å². The summed E-state index contributed by atoms with van der Waals surface area (Å²) in [7, 11) is 2.14. The van der Waals surface area contributed by atoms with Crippen LogP contribution in [0.1, 0.15) is 12.8 Å².